The molecule has 5 nitrogen and oxygen atoms in total. The summed E-state index contributed by atoms with van der Waals surface area (Å²) in [6.07, 6.45) is 0.519. The normalized spacial score (nSPS) is 9.75. The smallest absolute Gasteiger partial charge is 0.301 e. The Balaban J connectivity index is 3.38. The Bertz CT molecular complexity index is 406. The third-order valence-electron chi connectivity index (χ3n) is 1.24. The zero-order valence-corrected chi connectivity index (χ0v) is 6.67. The standard InChI is InChI=1S/C6H5ClN2O3/c7-4-3-5(11)8-6(12)9(4)1-2-10/h2-3H,1H2,(H,8,11,12). The molecule has 1 N–H and O–H groups in total. The Morgan fingerprint density at radius 2 is 2.25 bits per heavy atom. The summed E-state index contributed by atoms with van der Waals surface area (Å²) in [6, 6.07) is 1.03. The van der Waals surface area contributed by atoms with Crippen LogP contribution < -0.4 is 11.2 Å². The molecule has 0 radical (unpaired) electrons. The van der Waals surface area contributed by atoms with E-state index in [9.17, 15) is 14.4 Å². The summed E-state index contributed by atoms with van der Waals surface area (Å²) in [5.74, 6) is 0. The number of hydrogen-bond acceptors (Lipinski definition) is 3. The van der Waals surface area contributed by atoms with Crippen LogP contribution in [0.15, 0.2) is 15.7 Å². The van der Waals surface area contributed by atoms with Crippen molar-refractivity contribution in [2.24, 2.45) is 0 Å². The maximum atomic E-state index is 10.9. The fourth-order valence-electron chi connectivity index (χ4n) is 0.737. The number of aromatic nitrogens is 2. The van der Waals surface area contributed by atoms with Crippen molar-refractivity contribution in [3.8, 4) is 0 Å². The highest BCUT2D eigenvalue weighted by Gasteiger charge is 2.01. The summed E-state index contributed by atoms with van der Waals surface area (Å²) >= 11 is 5.50. The number of aromatic amines is 1. The molecule has 0 fully saturated rings. The van der Waals surface area contributed by atoms with Crippen LogP contribution >= 0.6 is 11.6 Å². The van der Waals surface area contributed by atoms with Crippen molar-refractivity contribution in [2.75, 3.05) is 0 Å². The number of H-pyrrole nitrogens is 1. The summed E-state index contributed by atoms with van der Waals surface area (Å²) < 4.78 is 0.954. The molecule has 0 saturated carbocycles. The topological polar surface area (TPSA) is 71.9 Å². The highest BCUT2D eigenvalue weighted by Crippen LogP contribution is 1.98. The molecule has 0 bridgehead atoms. The predicted octanol–water partition coefficient (Wildman–Crippen LogP) is -0.611. The quantitative estimate of drug-likeness (QED) is 0.497. The lowest BCUT2D eigenvalue weighted by atomic mass is 10.6. The Morgan fingerprint density at radius 3 is 2.75 bits per heavy atom. The molecule has 0 atom stereocenters. The number of nitrogens with one attached hydrogen (secondary N) is 1. The van der Waals surface area contributed by atoms with Gasteiger partial charge in [0.15, 0.2) is 0 Å². The second-order valence-corrected chi connectivity index (χ2v) is 2.43. The first kappa shape index (κ1) is 8.73. The van der Waals surface area contributed by atoms with Crippen LogP contribution in [0.25, 0.3) is 0 Å². The third-order valence-corrected chi connectivity index (χ3v) is 1.55. The molecule has 0 amide bonds. The van der Waals surface area contributed by atoms with Crippen molar-refractivity contribution >= 4 is 17.9 Å². The molecule has 1 aromatic rings. The fourth-order valence-corrected chi connectivity index (χ4v) is 0.982. The van der Waals surface area contributed by atoms with E-state index in [4.69, 9.17) is 11.6 Å². The number of carbonyl (C=O) groups excluding carboxylic acids is 1. The molecule has 0 aliphatic carbocycles. The Morgan fingerprint density at radius 1 is 1.58 bits per heavy atom. The molecule has 64 valence electrons. The lowest BCUT2D eigenvalue weighted by Gasteiger charge is -2.00. The molecule has 1 rings (SSSR count). The molecular formula is C6H5ClN2O3. The van der Waals surface area contributed by atoms with Gasteiger partial charge in [0.1, 0.15) is 11.4 Å². The van der Waals surface area contributed by atoms with Gasteiger partial charge in [-0.2, -0.15) is 0 Å². The molecule has 1 heterocycles. The fraction of sp³-hybridized carbons (Fsp3) is 0.167. The van der Waals surface area contributed by atoms with E-state index in [1.807, 2.05) is 4.98 Å². The van der Waals surface area contributed by atoms with Gasteiger partial charge in [-0.15, -0.1) is 0 Å². The Kier molecular flexibility index (Phi) is 2.44. The van der Waals surface area contributed by atoms with Crippen molar-refractivity contribution in [2.45, 2.75) is 6.54 Å². The van der Waals surface area contributed by atoms with Crippen LogP contribution in [0.2, 0.25) is 5.15 Å². The number of aldehydes is 1. The molecule has 12 heavy (non-hydrogen) atoms. The van der Waals surface area contributed by atoms with E-state index in [0.29, 0.717) is 6.29 Å². The lowest BCUT2D eigenvalue weighted by Crippen LogP contribution is -2.30. The van der Waals surface area contributed by atoms with Crippen LogP contribution in [-0.4, -0.2) is 15.8 Å². The number of carbonyl (C=O) groups is 1. The minimum Gasteiger partial charge on any atom is -0.301 e. The van der Waals surface area contributed by atoms with Gasteiger partial charge in [-0.25, -0.2) is 4.79 Å². The molecule has 0 saturated heterocycles. The third kappa shape index (κ3) is 1.62. The van der Waals surface area contributed by atoms with E-state index < -0.39 is 11.2 Å². The maximum absolute atomic E-state index is 10.9. The number of nitrogens with zero attached hydrogens (tertiary/aromatic N) is 1. The van der Waals surface area contributed by atoms with Crippen LogP contribution in [-0.2, 0) is 11.3 Å². The first-order valence-corrected chi connectivity index (χ1v) is 3.46. The van der Waals surface area contributed by atoms with Crippen molar-refractivity contribution in [1.29, 1.82) is 0 Å². The highest BCUT2D eigenvalue weighted by molar-refractivity contribution is 6.29. The molecular weight excluding hydrogens is 184 g/mol. The SMILES string of the molecule is O=CCn1c(Cl)cc(=O)[nH]c1=O. The second-order valence-electron chi connectivity index (χ2n) is 2.04. The van der Waals surface area contributed by atoms with Gasteiger partial charge in [-0.3, -0.25) is 14.3 Å². The van der Waals surface area contributed by atoms with Crippen LogP contribution in [0.1, 0.15) is 0 Å². The van der Waals surface area contributed by atoms with Crippen molar-refractivity contribution < 1.29 is 4.79 Å². The van der Waals surface area contributed by atoms with Crippen molar-refractivity contribution in [3.63, 3.8) is 0 Å². The van der Waals surface area contributed by atoms with E-state index in [0.717, 1.165) is 10.6 Å². The van der Waals surface area contributed by atoms with Gasteiger partial charge in [-0.05, 0) is 0 Å². The number of halogens is 1. The van der Waals surface area contributed by atoms with Gasteiger partial charge in [0.25, 0.3) is 5.56 Å². The summed E-state index contributed by atoms with van der Waals surface area (Å²) in [5.41, 5.74) is -1.26. The minimum atomic E-state index is -0.681. The van der Waals surface area contributed by atoms with E-state index in [1.165, 1.54) is 0 Å². The van der Waals surface area contributed by atoms with Gasteiger partial charge >= 0.3 is 5.69 Å². The van der Waals surface area contributed by atoms with Crippen LogP contribution in [0.5, 0.6) is 0 Å². The van der Waals surface area contributed by atoms with Gasteiger partial charge in [0, 0.05) is 6.07 Å². The van der Waals surface area contributed by atoms with Crippen molar-refractivity contribution in [3.05, 3.63) is 32.1 Å². The number of hydrogen-bond donors (Lipinski definition) is 1. The molecule has 6 heteroatoms. The van der Waals surface area contributed by atoms with E-state index >= 15 is 0 Å². The second kappa shape index (κ2) is 3.36. The van der Waals surface area contributed by atoms with Gasteiger partial charge in [0.2, 0.25) is 0 Å². The van der Waals surface area contributed by atoms with E-state index in [1.54, 1.807) is 0 Å². The molecule has 0 aromatic carbocycles. The molecule has 1 aromatic heterocycles. The Labute approximate surface area is 71.6 Å². The minimum absolute atomic E-state index is 0.0455. The predicted molar refractivity (Wildman–Crippen MR) is 42.4 cm³/mol. The van der Waals surface area contributed by atoms with Crippen LogP contribution in [0.3, 0.4) is 0 Å². The lowest BCUT2D eigenvalue weighted by molar-refractivity contribution is -0.108. The zero-order valence-electron chi connectivity index (χ0n) is 5.91. The molecule has 0 aliphatic heterocycles. The van der Waals surface area contributed by atoms with Gasteiger partial charge < -0.3 is 4.79 Å². The van der Waals surface area contributed by atoms with Crippen LogP contribution in [0, 0.1) is 0 Å². The number of rotatable bonds is 2. The summed E-state index contributed by atoms with van der Waals surface area (Å²) in [7, 11) is 0. The largest absolute Gasteiger partial charge is 0.329 e. The first-order valence-electron chi connectivity index (χ1n) is 3.08. The first-order chi connectivity index (χ1) is 5.65. The molecule has 0 spiro atoms. The highest BCUT2D eigenvalue weighted by atomic mass is 35.5. The van der Waals surface area contributed by atoms with Gasteiger partial charge in [-0.1, -0.05) is 11.6 Å². The maximum Gasteiger partial charge on any atom is 0.329 e. The van der Waals surface area contributed by atoms with E-state index in [2.05, 4.69) is 0 Å². The monoisotopic (exact) mass is 188 g/mol. The average Bonchev–Trinajstić information content (AvgIpc) is 1.96. The van der Waals surface area contributed by atoms with Gasteiger partial charge in [0.05, 0.1) is 6.54 Å². The van der Waals surface area contributed by atoms with Crippen molar-refractivity contribution in [1.82, 2.24) is 9.55 Å². The Hall–Kier alpha value is -1.36. The molecule has 0 aliphatic rings. The summed E-state index contributed by atoms with van der Waals surface area (Å²) in [6.45, 7) is -0.158. The van der Waals surface area contributed by atoms with E-state index in [-0.39, 0.29) is 11.7 Å². The average molecular weight is 189 g/mol. The van der Waals surface area contributed by atoms with Crippen LogP contribution in [0.4, 0.5) is 0 Å². The summed E-state index contributed by atoms with van der Waals surface area (Å²) in [4.78, 5) is 33.6. The summed E-state index contributed by atoms with van der Waals surface area (Å²) in [5, 5.41) is -0.0455. The zero-order chi connectivity index (χ0) is 9.14. The molecule has 0 unspecified atom stereocenters.